The molecule has 0 fully saturated rings. The minimum Gasteiger partial charge on any atom is -0.291 e. The van der Waals surface area contributed by atoms with Crippen molar-refractivity contribution < 1.29 is 42.5 Å². The molecule has 0 saturated carbocycles. The second-order valence-corrected chi connectivity index (χ2v) is 2.98. The summed E-state index contributed by atoms with van der Waals surface area (Å²) >= 11 is 0. The predicted molar refractivity (Wildman–Crippen MR) is 55.2 cm³/mol. The topological polar surface area (TPSA) is 17.1 Å². The largest absolute Gasteiger partial charge is 0.291 e. The van der Waals surface area contributed by atoms with Gasteiger partial charge in [-0.3, -0.25) is 4.79 Å². The summed E-state index contributed by atoms with van der Waals surface area (Å²) in [6.07, 6.45) is 0. The fraction of sp³-hybridized carbons (Fsp3) is 0. The first kappa shape index (κ1) is 12.4. The first-order valence-electron chi connectivity index (χ1n) is 4.44. The third kappa shape index (κ3) is 3.16. The van der Waals surface area contributed by atoms with Crippen LogP contribution in [0, 0.1) is 43.8 Å². The molecular weight excluding hydrogens is 337 g/mol. The molecule has 0 unspecified atom stereocenters. The molecule has 0 heterocycles. The van der Waals surface area contributed by atoms with Crippen molar-refractivity contribution in [1.82, 2.24) is 0 Å². The summed E-state index contributed by atoms with van der Waals surface area (Å²) in [5.74, 6) is 0.0552. The molecule has 2 heteroatoms. The molecule has 0 bridgehead atoms. The summed E-state index contributed by atoms with van der Waals surface area (Å²) in [7, 11) is 0. The van der Waals surface area contributed by atoms with E-state index in [0.717, 1.165) is 5.56 Å². The molecule has 2 aromatic rings. The minimum absolute atomic E-state index is 0. The molecule has 0 spiro atoms. The van der Waals surface area contributed by atoms with Crippen LogP contribution in [0.4, 0.5) is 0 Å². The van der Waals surface area contributed by atoms with E-state index >= 15 is 0 Å². The number of benzene rings is 2. The molecule has 1 nitrogen and oxygen atoms in total. The second kappa shape index (κ2) is 6.06. The van der Waals surface area contributed by atoms with Crippen molar-refractivity contribution in [3.63, 3.8) is 0 Å². The number of rotatable bonds is 2. The number of hydrogen-bond donors (Lipinski definition) is 0. The summed E-state index contributed by atoms with van der Waals surface area (Å²) in [6.45, 7) is 0. The summed E-state index contributed by atoms with van der Waals surface area (Å²) in [5.41, 5.74) is 1.42. The van der Waals surface area contributed by atoms with E-state index in [0.29, 0.717) is 5.56 Å². The Hall–Kier alpha value is -0.630. The molecule has 0 aromatic heterocycles. The Morgan fingerprint density at radius 1 is 0.867 bits per heavy atom. The smallest absolute Gasteiger partial charge is 0.169 e. The Labute approximate surface area is 119 Å². The maximum absolute atomic E-state index is 11.8. The van der Waals surface area contributed by atoms with Gasteiger partial charge in [0.05, 0.1) is 0 Å². The molecule has 0 saturated heterocycles. The van der Waals surface area contributed by atoms with Crippen molar-refractivity contribution in [2.45, 2.75) is 0 Å². The van der Waals surface area contributed by atoms with Crippen molar-refractivity contribution >= 4 is 5.78 Å². The van der Waals surface area contributed by atoms with Crippen LogP contribution in [0.5, 0.6) is 0 Å². The average molecular weight is 346 g/mol. The van der Waals surface area contributed by atoms with Gasteiger partial charge in [-0.25, -0.2) is 0 Å². The van der Waals surface area contributed by atoms with Gasteiger partial charge in [-0.05, 0) is 0 Å². The zero-order chi connectivity index (χ0) is 9.80. The number of carbonyl (C=O) groups is 1. The molecule has 0 aliphatic heterocycles. The van der Waals surface area contributed by atoms with E-state index in [1.165, 1.54) is 0 Å². The van der Waals surface area contributed by atoms with Crippen molar-refractivity contribution in [2.75, 3.05) is 0 Å². The van der Waals surface area contributed by atoms with Crippen LogP contribution in [0.2, 0.25) is 0 Å². The van der Waals surface area contributed by atoms with Gasteiger partial charge in [0.25, 0.3) is 0 Å². The first-order valence-corrected chi connectivity index (χ1v) is 4.44. The number of carbonyl (C=O) groups excluding carboxylic acids is 1. The van der Waals surface area contributed by atoms with Crippen LogP contribution in [-0.2, 0) is 0 Å². The van der Waals surface area contributed by atoms with E-state index in [1.54, 1.807) is 24.3 Å². The van der Waals surface area contributed by atoms with E-state index in [9.17, 15) is 4.79 Å². The number of hydrogen-bond acceptors (Lipinski definition) is 1. The Balaban J connectivity index is 0.00000112. The van der Waals surface area contributed by atoms with E-state index in [4.69, 9.17) is 0 Å². The van der Waals surface area contributed by atoms with Crippen LogP contribution < -0.4 is 0 Å². The molecule has 0 N–H and O–H groups in total. The van der Waals surface area contributed by atoms with E-state index in [-0.39, 0.29) is 43.5 Å². The van der Waals surface area contributed by atoms with Crippen LogP contribution >= 0.6 is 0 Å². The van der Waals surface area contributed by atoms with Crippen LogP contribution in [0.25, 0.3) is 0 Å². The van der Waals surface area contributed by atoms with Gasteiger partial charge in [-0.15, -0.1) is 0 Å². The minimum atomic E-state index is 0. The summed E-state index contributed by atoms with van der Waals surface area (Å²) < 4.78 is 0. The van der Waals surface area contributed by atoms with E-state index in [1.807, 2.05) is 30.3 Å². The normalized spacial score (nSPS) is 9.07. The monoisotopic (exact) mass is 346 g/mol. The van der Waals surface area contributed by atoms with Crippen LogP contribution in [-0.4, -0.2) is 5.78 Å². The molecule has 79 valence electrons. The maximum atomic E-state index is 11.8. The molecule has 0 aliphatic carbocycles. The van der Waals surface area contributed by atoms with Crippen molar-refractivity contribution in [3.05, 3.63) is 71.8 Å². The average Bonchev–Trinajstić information content (AvgIpc) is 2.30. The molecular formula is C13H9HoO-. The van der Waals surface area contributed by atoms with Gasteiger partial charge in [0, 0.05) is 43.3 Å². The molecule has 0 atom stereocenters. The molecule has 0 amide bonds. The second-order valence-electron chi connectivity index (χ2n) is 2.98. The van der Waals surface area contributed by atoms with Gasteiger partial charge in [-0.2, -0.15) is 30.3 Å². The van der Waals surface area contributed by atoms with Gasteiger partial charge >= 0.3 is 0 Å². The SMILES string of the molecule is O=C(c1cc[c-]cc1)c1ccccc1.[Ho]. The fourth-order valence-electron chi connectivity index (χ4n) is 1.29. The number of ketones is 1. The standard InChI is InChI=1S/C13H9O.Ho/c14-13(11-7-3-1-4-8-11)12-9-5-2-6-10-12;/h1,3-10H;/q-1;. The summed E-state index contributed by atoms with van der Waals surface area (Å²) in [5, 5.41) is 0. The fourth-order valence-corrected chi connectivity index (χ4v) is 1.29. The van der Waals surface area contributed by atoms with Gasteiger partial charge in [0.2, 0.25) is 0 Å². The molecule has 15 heavy (non-hydrogen) atoms. The summed E-state index contributed by atoms with van der Waals surface area (Å²) in [4.78, 5) is 11.8. The van der Waals surface area contributed by atoms with Crippen LogP contribution in [0.3, 0.4) is 0 Å². The first-order chi connectivity index (χ1) is 6.88. The van der Waals surface area contributed by atoms with Crippen LogP contribution in [0.1, 0.15) is 15.9 Å². The molecule has 0 aliphatic rings. The zero-order valence-electron chi connectivity index (χ0n) is 7.91. The molecule has 1 radical (unpaired) electrons. The Bertz CT molecular complexity index is 381. The Morgan fingerprint density at radius 2 is 1.40 bits per heavy atom. The Morgan fingerprint density at radius 3 is 2.00 bits per heavy atom. The van der Waals surface area contributed by atoms with Gasteiger partial charge in [0.15, 0.2) is 5.78 Å². The molecule has 2 rings (SSSR count). The maximum Gasteiger partial charge on any atom is 0.169 e. The van der Waals surface area contributed by atoms with Crippen molar-refractivity contribution in [3.8, 4) is 0 Å². The van der Waals surface area contributed by atoms with Crippen LogP contribution in [0.15, 0.2) is 54.6 Å². The van der Waals surface area contributed by atoms with Gasteiger partial charge in [0.1, 0.15) is 0 Å². The van der Waals surface area contributed by atoms with Crippen molar-refractivity contribution in [2.24, 2.45) is 0 Å². The third-order valence-electron chi connectivity index (χ3n) is 2.02. The van der Waals surface area contributed by atoms with Gasteiger partial charge < -0.3 is 0 Å². The van der Waals surface area contributed by atoms with E-state index < -0.39 is 0 Å². The van der Waals surface area contributed by atoms with Gasteiger partial charge in [-0.1, -0.05) is 35.9 Å². The molecule has 2 aromatic carbocycles. The summed E-state index contributed by atoms with van der Waals surface area (Å²) in [6, 6.07) is 19.2. The predicted octanol–water partition coefficient (Wildman–Crippen LogP) is 2.72. The Kier molecular flexibility index (Phi) is 5.03. The van der Waals surface area contributed by atoms with Crippen molar-refractivity contribution in [1.29, 1.82) is 0 Å². The third-order valence-corrected chi connectivity index (χ3v) is 2.02. The quantitative estimate of drug-likeness (QED) is 0.464. The zero-order valence-corrected chi connectivity index (χ0v) is 9.84. The van der Waals surface area contributed by atoms with E-state index in [2.05, 4.69) is 6.07 Å².